The van der Waals surface area contributed by atoms with Crippen molar-refractivity contribution in [1.29, 1.82) is 0 Å². The SMILES string of the molecule is Cl.NCCOc1ccc(OCc2ccccc2)cc1. The maximum absolute atomic E-state index is 5.67. The first-order chi connectivity index (χ1) is 8.88. The van der Waals surface area contributed by atoms with Crippen LogP contribution in [0.1, 0.15) is 5.56 Å². The zero-order chi connectivity index (χ0) is 12.6. The van der Waals surface area contributed by atoms with Gasteiger partial charge in [0.25, 0.3) is 0 Å². The predicted octanol–water partition coefficient (Wildman–Crippen LogP) is 3.02. The molecule has 2 rings (SSSR count). The van der Waals surface area contributed by atoms with E-state index in [1.54, 1.807) is 0 Å². The number of hydrogen-bond acceptors (Lipinski definition) is 3. The van der Waals surface area contributed by atoms with E-state index in [2.05, 4.69) is 0 Å². The topological polar surface area (TPSA) is 44.5 Å². The molecule has 2 N–H and O–H groups in total. The van der Waals surface area contributed by atoms with Gasteiger partial charge in [-0.1, -0.05) is 30.3 Å². The Morgan fingerprint density at radius 3 is 1.95 bits per heavy atom. The molecule has 0 amide bonds. The van der Waals surface area contributed by atoms with E-state index in [0.717, 1.165) is 17.1 Å². The molecule has 0 aliphatic carbocycles. The maximum atomic E-state index is 5.67. The molecule has 0 saturated carbocycles. The third-order valence-electron chi connectivity index (χ3n) is 2.46. The molecule has 0 unspecified atom stereocenters. The Bertz CT molecular complexity index is 459. The number of benzene rings is 2. The van der Waals surface area contributed by atoms with Crippen LogP contribution in [0.15, 0.2) is 54.6 Å². The summed E-state index contributed by atoms with van der Waals surface area (Å²) in [6.07, 6.45) is 0. The summed E-state index contributed by atoms with van der Waals surface area (Å²) in [7, 11) is 0. The number of nitrogens with two attached hydrogens (primary N) is 1. The Balaban J connectivity index is 0.00000180. The Kier molecular flexibility index (Phi) is 6.79. The van der Waals surface area contributed by atoms with Crippen LogP contribution in [0.3, 0.4) is 0 Å². The molecule has 0 heterocycles. The summed E-state index contributed by atoms with van der Waals surface area (Å²) in [5.41, 5.74) is 6.52. The zero-order valence-corrected chi connectivity index (χ0v) is 11.4. The molecule has 102 valence electrons. The van der Waals surface area contributed by atoms with Crippen molar-refractivity contribution in [2.45, 2.75) is 6.61 Å². The smallest absolute Gasteiger partial charge is 0.120 e. The Hall–Kier alpha value is -1.71. The molecule has 4 heteroatoms. The van der Waals surface area contributed by atoms with E-state index in [-0.39, 0.29) is 12.4 Å². The average Bonchev–Trinajstić information content (AvgIpc) is 2.45. The van der Waals surface area contributed by atoms with Gasteiger partial charge in [-0.15, -0.1) is 12.4 Å². The monoisotopic (exact) mass is 279 g/mol. The molecule has 2 aromatic rings. The van der Waals surface area contributed by atoms with Crippen molar-refractivity contribution < 1.29 is 9.47 Å². The van der Waals surface area contributed by atoms with Crippen LogP contribution in [0.5, 0.6) is 11.5 Å². The summed E-state index contributed by atoms with van der Waals surface area (Å²) in [6.45, 7) is 1.63. The fraction of sp³-hybridized carbons (Fsp3) is 0.200. The van der Waals surface area contributed by atoms with E-state index in [9.17, 15) is 0 Å². The maximum Gasteiger partial charge on any atom is 0.120 e. The van der Waals surface area contributed by atoms with E-state index < -0.39 is 0 Å². The van der Waals surface area contributed by atoms with Crippen LogP contribution in [-0.2, 0) is 6.61 Å². The van der Waals surface area contributed by atoms with Gasteiger partial charge < -0.3 is 15.2 Å². The van der Waals surface area contributed by atoms with Gasteiger partial charge in [-0.3, -0.25) is 0 Å². The molecule has 0 atom stereocenters. The van der Waals surface area contributed by atoms with Crippen LogP contribution in [0.4, 0.5) is 0 Å². The summed E-state index contributed by atoms with van der Waals surface area (Å²) in [4.78, 5) is 0. The number of rotatable bonds is 6. The van der Waals surface area contributed by atoms with E-state index in [1.807, 2.05) is 54.6 Å². The van der Waals surface area contributed by atoms with Crippen molar-refractivity contribution in [3.8, 4) is 11.5 Å². The average molecular weight is 280 g/mol. The van der Waals surface area contributed by atoms with Gasteiger partial charge in [-0.05, 0) is 29.8 Å². The lowest BCUT2D eigenvalue weighted by Crippen LogP contribution is -2.10. The zero-order valence-electron chi connectivity index (χ0n) is 10.6. The van der Waals surface area contributed by atoms with Crippen molar-refractivity contribution in [3.63, 3.8) is 0 Å². The summed E-state index contributed by atoms with van der Waals surface area (Å²) in [5.74, 6) is 1.64. The molecule has 0 spiro atoms. The minimum absolute atomic E-state index is 0. The Labute approximate surface area is 119 Å². The quantitative estimate of drug-likeness (QED) is 0.884. The van der Waals surface area contributed by atoms with E-state index >= 15 is 0 Å². The van der Waals surface area contributed by atoms with E-state index in [4.69, 9.17) is 15.2 Å². The summed E-state index contributed by atoms with van der Waals surface area (Å²) >= 11 is 0. The third-order valence-corrected chi connectivity index (χ3v) is 2.46. The normalized spacial score (nSPS) is 9.53. The highest BCUT2D eigenvalue weighted by atomic mass is 35.5. The number of halogens is 1. The van der Waals surface area contributed by atoms with Crippen LogP contribution in [0.25, 0.3) is 0 Å². The van der Waals surface area contributed by atoms with Gasteiger partial charge >= 0.3 is 0 Å². The van der Waals surface area contributed by atoms with Gasteiger partial charge in [0, 0.05) is 6.54 Å². The molecule has 2 aromatic carbocycles. The number of ether oxygens (including phenoxy) is 2. The van der Waals surface area contributed by atoms with E-state index in [1.165, 1.54) is 0 Å². The summed E-state index contributed by atoms with van der Waals surface area (Å²) < 4.78 is 11.1. The molecule has 0 radical (unpaired) electrons. The van der Waals surface area contributed by atoms with Crippen molar-refractivity contribution in [2.24, 2.45) is 5.73 Å². The van der Waals surface area contributed by atoms with Crippen molar-refractivity contribution in [3.05, 3.63) is 60.2 Å². The molecule has 19 heavy (non-hydrogen) atoms. The second-order valence-electron chi connectivity index (χ2n) is 3.88. The van der Waals surface area contributed by atoms with Crippen molar-refractivity contribution in [1.82, 2.24) is 0 Å². The lowest BCUT2D eigenvalue weighted by Gasteiger charge is -2.08. The highest BCUT2D eigenvalue weighted by Crippen LogP contribution is 2.18. The summed E-state index contributed by atoms with van der Waals surface area (Å²) in [5, 5.41) is 0. The second kappa shape index (κ2) is 8.40. The lowest BCUT2D eigenvalue weighted by atomic mass is 10.2. The van der Waals surface area contributed by atoms with Crippen molar-refractivity contribution >= 4 is 12.4 Å². The van der Waals surface area contributed by atoms with Crippen LogP contribution in [-0.4, -0.2) is 13.2 Å². The second-order valence-corrected chi connectivity index (χ2v) is 3.88. The fourth-order valence-electron chi connectivity index (χ4n) is 1.55. The van der Waals surface area contributed by atoms with Gasteiger partial charge in [0.05, 0.1) is 0 Å². The minimum atomic E-state index is 0. The van der Waals surface area contributed by atoms with Gasteiger partial charge in [0.2, 0.25) is 0 Å². The first kappa shape index (κ1) is 15.3. The predicted molar refractivity (Wildman–Crippen MR) is 79.0 cm³/mol. The highest BCUT2D eigenvalue weighted by molar-refractivity contribution is 5.85. The first-order valence-corrected chi connectivity index (χ1v) is 5.98. The minimum Gasteiger partial charge on any atom is -0.492 e. The first-order valence-electron chi connectivity index (χ1n) is 5.98. The molecular formula is C15H18ClNO2. The van der Waals surface area contributed by atoms with Gasteiger partial charge in [-0.2, -0.15) is 0 Å². The Morgan fingerprint density at radius 2 is 1.37 bits per heavy atom. The molecule has 0 bridgehead atoms. The largest absolute Gasteiger partial charge is 0.492 e. The standard InChI is InChI=1S/C15H17NO2.ClH/c16-10-11-17-14-6-8-15(9-7-14)18-12-13-4-2-1-3-5-13;/h1-9H,10-12,16H2;1H. The van der Waals surface area contributed by atoms with Gasteiger partial charge in [-0.25, -0.2) is 0 Å². The molecule has 0 aliphatic rings. The van der Waals surface area contributed by atoms with Crippen LogP contribution >= 0.6 is 12.4 Å². The van der Waals surface area contributed by atoms with Gasteiger partial charge in [0.15, 0.2) is 0 Å². The van der Waals surface area contributed by atoms with Crippen LogP contribution < -0.4 is 15.2 Å². The molecule has 3 nitrogen and oxygen atoms in total. The molecule has 0 saturated heterocycles. The molecule has 0 aromatic heterocycles. The lowest BCUT2D eigenvalue weighted by molar-refractivity contribution is 0.303. The van der Waals surface area contributed by atoms with Crippen LogP contribution in [0, 0.1) is 0 Å². The fourth-order valence-corrected chi connectivity index (χ4v) is 1.55. The van der Waals surface area contributed by atoms with Crippen molar-refractivity contribution in [2.75, 3.05) is 13.2 Å². The van der Waals surface area contributed by atoms with Crippen LogP contribution in [0.2, 0.25) is 0 Å². The molecule has 0 aliphatic heterocycles. The molecular weight excluding hydrogens is 262 g/mol. The third kappa shape index (κ3) is 5.20. The number of hydrogen-bond donors (Lipinski definition) is 1. The van der Waals surface area contributed by atoms with E-state index in [0.29, 0.717) is 19.8 Å². The Morgan fingerprint density at radius 1 is 0.789 bits per heavy atom. The molecule has 0 fully saturated rings. The van der Waals surface area contributed by atoms with Gasteiger partial charge in [0.1, 0.15) is 24.7 Å². The highest BCUT2D eigenvalue weighted by Gasteiger charge is 1.97. The summed E-state index contributed by atoms with van der Waals surface area (Å²) in [6, 6.07) is 17.6.